The number of hydrogen-bond acceptors (Lipinski definition) is 10. The molecule has 1 aliphatic rings. The van der Waals surface area contributed by atoms with Gasteiger partial charge in [0.15, 0.2) is 0 Å². The maximum absolute atomic E-state index is 12.9. The summed E-state index contributed by atoms with van der Waals surface area (Å²) in [5.41, 5.74) is 0. The molecule has 0 fully saturated rings. The van der Waals surface area contributed by atoms with Crippen molar-refractivity contribution in [1.82, 2.24) is 0 Å². The molecule has 0 radical (unpaired) electrons. The molecule has 10 heteroatoms. The molecule has 8 unspecified atom stereocenters. The lowest BCUT2D eigenvalue weighted by Crippen LogP contribution is -2.41. The Morgan fingerprint density at radius 2 is 1.29 bits per heavy atom. The number of allylic oxidation sites excluding steroid dienone is 7. The van der Waals surface area contributed by atoms with Gasteiger partial charge in [-0.1, -0.05) is 62.0 Å². The summed E-state index contributed by atoms with van der Waals surface area (Å²) in [7, 11) is 0. The number of cyclic esters (lactones) is 1. The van der Waals surface area contributed by atoms with Crippen LogP contribution in [-0.2, 0) is 14.3 Å². The van der Waals surface area contributed by atoms with Gasteiger partial charge < -0.3 is 40.5 Å². The molecule has 0 aromatic heterocycles. The maximum atomic E-state index is 12.9. The van der Waals surface area contributed by atoms with Crippen LogP contribution in [0.25, 0.3) is 0 Å². The lowest BCUT2D eigenvalue weighted by molar-refractivity contribution is -0.164. The van der Waals surface area contributed by atoms with Gasteiger partial charge in [-0.3, -0.25) is 9.59 Å². The second-order valence-corrected chi connectivity index (χ2v) is 11.3. The number of carbonyl (C=O) groups excluding carboxylic acids is 2. The van der Waals surface area contributed by atoms with Gasteiger partial charge in [-0.15, -0.1) is 0 Å². The van der Waals surface area contributed by atoms with E-state index in [2.05, 4.69) is 0 Å². The van der Waals surface area contributed by atoms with Crippen LogP contribution in [0.5, 0.6) is 0 Å². The highest BCUT2D eigenvalue weighted by Crippen LogP contribution is 2.22. The first kappa shape index (κ1) is 37.8. The second kappa shape index (κ2) is 21.5. The Labute approximate surface area is 249 Å². The average molecular weight is 597 g/mol. The Bertz CT molecular complexity index is 881. The van der Waals surface area contributed by atoms with E-state index in [9.17, 15) is 45.3 Å². The third kappa shape index (κ3) is 17.1. The summed E-state index contributed by atoms with van der Waals surface area (Å²) < 4.78 is 5.62. The average Bonchev–Trinajstić information content (AvgIpc) is 2.85. The molecule has 42 heavy (non-hydrogen) atoms. The van der Waals surface area contributed by atoms with E-state index < -0.39 is 66.5 Å². The Balaban J connectivity index is 2.98. The summed E-state index contributed by atoms with van der Waals surface area (Å²) in [4.78, 5) is 25.2. The van der Waals surface area contributed by atoms with Crippen LogP contribution in [-0.4, -0.2) is 96.3 Å². The van der Waals surface area contributed by atoms with Crippen molar-refractivity contribution < 1.29 is 50.1 Å². The smallest absolute Gasteiger partial charge is 0.314 e. The molecule has 9 atom stereocenters. The van der Waals surface area contributed by atoms with Crippen molar-refractivity contribution in [2.45, 2.75) is 133 Å². The maximum Gasteiger partial charge on any atom is 0.314 e. The zero-order valence-electron chi connectivity index (χ0n) is 24.9. The van der Waals surface area contributed by atoms with Crippen LogP contribution in [0, 0.1) is 5.92 Å². The standard InChI is InChI=1S/C32H52O10/c1-3-13-29-15-12-10-8-6-4-5-7-9-11-14-23(34)16-24(35)17-25(36)18-26(37)19-27(38)20-28(39)21-30(40)31(22(2)33)32(41)42-29/h4-10,12,22-24,26-31,33-35,37-40H,3,11,13-21H2,1-2H3/t22?,23?,24?,26?,27?,28?,29-,30?,31?/m1/s1. The number of Topliss-reactive ketones (excluding diaryl/α,β-unsaturated/α-hetero) is 1. The van der Waals surface area contributed by atoms with Gasteiger partial charge in [-0.25, -0.2) is 0 Å². The SMILES string of the molecule is CCC[C@@H]1CC=CC=CC=CC=CCCC(O)CC(O)CC(=O)CC(O)CC(O)CC(O)CC(O)C(C(C)O)C(=O)O1. The molecule has 0 saturated carbocycles. The summed E-state index contributed by atoms with van der Waals surface area (Å²) in [5, 5.41) is 72.2. The number of aliphatic hydroxyl groups excluding tert-OH is 7. The van der Waals surface area contributed by atoms with Gasteiger partial charge in [0.05, 0.1) is 42.7 Å². The topological polar surface area (TPSA) is 185 Å². The van der Waals surface area contributed by atoms with Crippen molar-refractivity contribution >= 4 is 11.8 Å². The fraction of sp³-hybridized carbons (Fsp3) is 0.688. The number of ketones is 1. The summed E-state index contributed by atoms with van der Waals surface area (Å²) in [6.07, 6.45) is 7.52. The highest BCUT2D eigenvalue weighted by molar-refractivity contribution is 5.79. The van der Waals surface area contributed by atoms with Crippen LogP contribution in [0.3, 0.4) is 0 Å². The van der Waals surface area contributed by atoms with Crippen molar-refractivity contribution in [3.8, 4) is 0 Å². The normalized spacial score (nSPS) is 33.5. The van der Waals surface area contributed by atoms with E-state index in [1.54, 1.807) is 0 Å². The Morgan fingerprint density at radius 3 is 1.88 bits per heavy atom. The lowest BCUT2D eigenvalue weighted by Gasteiger charge is -2.28. The summed E-state index contributed by atoms with van der Waals surface area (Å²) in [6.45, 7) is 3.31. The minimum Gasteiger partial charge on any atom is -0.462 e. The molecule has 0 bridgehead atoms. The van der Waals surface area contributed by atoms with Gasteiger partial charge >= 0.3 is 5.97 Å². The lowest BCUT2D eigenvalue weighted by atomic mass is 9.90. The Morgan fingerprint density at radius 1 is 0.762 bits per heavy atom. The first-order valence-corrected chi connectivity index (χ1v) is 15.1. The molecule has 10 nitrogen and oxygen atoms in total. The summed E-state index contributed by atoms with van der Waals surface area (Å²) in [6, 6.07) is 0. The van der Waals surface area contributed by atoms with Gasteiger partial charge in [0, 0.05) is 25.7 Å². The highest BCUT2D eigenvalue weighted by atomic mass is 16.5. The summed E-state index contributed by atoms with van der Waals surface area (Å²) >= 11 is 0. The quantitative estimate of drug-likeness (QED) is 0.238. The molecule has 0 amide bonds. The highest BCUT2D eigenvalue weighted by Gasteiger charge is 2.35. The number of aliphatic hydroxyl groups is 7. The third-order valence-electron chi connectivity index (χ3n) is 7.07. The van der Waals surface area contributed by atoms with Gasteiger partial charge in [0.2, 0.25) is 0 Å². The van der Waals surface area contributed by atoms with Gasteiger partial charge in [0.25, 0.3) is 0 Å². The summed E-state index contributed by atoms with van der Waals surface area (Å²) in [5.74, 6) is -2.51. The monoisotopic (exact) mass is 596 g/mol. The Hall–Kier alpha value is -2.18. The van der Waals surface area contributed by atoms with Gasteiger partial charge in [-0.2, -0.15) is 0 Å². The zero-order valence-corrected chi connectivity index (χ0v) is 24.9. The first-order valence-electron chi connectivity index (χ1n) is 15.1. The fourth-order valence-electron chi connectivity index (χ4n) is 4.95. The van der Waals surface area contributed by atoms with Crippen molar-refractivity contribution in [1.29, 1.82) is 0 Å². The van der Waals surface area contributed by atoms with Crippen LogP contribution >= 0.6 is 0 Å². The predicted octanol–water partition coefficient (Wildman–Crippen LogP) is 2.18. The van der Waals surface area contributed by atoms with Crippen LogP contribution in [0.4, 0.5) is 0 Å². The first-order chi connectivity index (χ1) is 19.9. The molecule has 1 heterocycles. The molecule has 0 aromatic rings. The largest absolute Gasteiger partial charge is 0.462 e. The molecule has 0 aromatic carbocycles. The minimum absolute atomic E-state index is 0.0256. The van der Waals surface area contributed by atoms with Crippen molar-refractivity contribution in [2.75, 3.05) is 0 Å². The number of ether oxygens (including phenoxy) is 1. The van der Waals surface area contributed by atoms with Crippen molar-refractivity contribution in [3.05, 3.63) is 48.6 Å². The number of carbonyl (C=O) groups is 2. The molecular weight excluding hydrogens is 544 g/mol. The molecule has 0 spiro atoms. The van der Waals surface area contributed by atoms with E-state index in [-0.39, 0.29) is 38.5 Å². The molecular formula is C32H52O10. The van der Waals surface area contributed by atoms with Gasteiger partial charge in [-0.05, 0) is 45.4 Å². The molecule has 240 valence electrons. The van der Waals surface area contributed by atoms with E-state index in [4.69, 9.17) is 4.74 Å². The van der Waals surface area contributed by atoms with Crippen LogP contribution in [0.1, 0.15) is 84.5 Å². The number of hydrogen-bond donors (Lipinski definition) is 7. The van der Waals surface area contributed by atoms with E-state index in [1.165, 1.54) is 6.92 Å². The molecule has 0 saturated heterocycles. The van der Waals surface area contributed by atoms with Crippen molar-refractivity contribution in [2.24, 2.45) is 5.92 Å². The molecule has 1 aliphatic heterocycles. The van der Waals surface area contributed by atoms with E-state index >= 15 is 0 Å². The fourth-order valence-corrected chi connectivity index (χ4v) is 4.95. The molecule has 1 rings (SSSR count). The van der Waals surface area contributed by atoms with Crippen LogP contribution < -0.4 is 0 Å². The van der Waals surface area contributed by atoms with Gasteiger partial charge in [0.1, 0.15) is 17.8 Å². The van der Waals surface area contributed by atoms with Crippen molar-refractivity contribution in [3.63, 3.8) is 0 Å². The van der Waals surface area contributed by atoms with Crippen LogP contribution in [0.15, 0.2) is 48.6 Å². The molecule has 7 N–H and O–H groups in total. The van der Waals surface area contributed by atoms with Crippen LogP contribution in [0.2, 0.25) is 0 Å². The zero-order chi connectivity index (χ0) is 31.5. The molecule has 0 aliphatic carbocycles. The van der Waals surface area contributed by atoms with E-state index in [0.717, 1.165) is 6.42 Å². The number of rotatable bonds is 3. The second-order valence-electron chi connectivity index (χ2n) is 11.3. The Kier molecular flexibility index (Phi) is 19.4. The van der Waals surface area contributed by atoms with E-state index in [0.29, 0.717) is 25.7 Å². The number of esters is 1. The van der Waals surface area contributed by atoms with E-state index in [1.807, 2.05) is 55.5 Å². The minimum atomic E-state index is -1.45. The predicted molar refractivity (Wildman–Crippen MR) is 159 cm³/mol. The third-order valence-corrected chi connectivity index (χ3v) is 7.07.